The van der Waals surface area contributed by atoms with E-state index in [0.717, 1.165) is 35.2 Å². The van der Waals surface area contributed by atoms with E-state index in [-0.39, 0.29) is 5.88 Å². The largest absolute Gasteiger partial charge is 0.493 e. The van der Waals surface area contributed by atoms with Gasteiger partial charge in [0.2, 0.25) is 5.88 Å². The molecule has 0 amide bonds. The Bertz CT molecular complexity index is 902. The standard InChI is InChI=1S/C19H22N2O2S2/c1-4-20(5-2)14-7-9-15(10-8-14)21-18(22)17(25-19(21)24)12-16-11-6-13(3)23-16/h6-11,22H,4-5,12H2,1-3H3. The summed E-state index contributed by atoms with van der Waals surface area (Å²) in [6.45, 7) is 8.12. The van der Waals surface area contributed by atoms with Crippen LogP contribution in [0.25, 0.3) is 5.69 Å². The zero-order valence-corrected chi connectivity index (χ0v) is 16.3. The van der Waals surface area contributed by atoms with Gasteiger partial charge in [-0.25, -0.2) is 0 Å². The Balaban J connectivity index is 1.91. The molecule has 132 valence electrons. The van der Waals surface area contributed by atoms with Gasteiger partial charge in [-0.05, 0) is 69.4 Å². The first-order valence-electron chi connectivity index (χ1n) is 8.37. The van der Waals surface area contributed by atoms with Crippen LogP contribution in [-0.2, 0) is 6.42 Å². The summed E-state index contributed by atoms with van der Waals surface area (Å²) in [5.41, 5.74) is 2.04. The van der Waals surface area contributed by atoms with E-state index in [4.69, 9.17) is 16.6 Å². The van der Waals surface area contributed by atoms with Crippen LogP contribution in [0, 0.1) is 10.9 Å². The molecule has 6 heteroatoms. The van der Waals surface area contributed by atoms with E-state index in [9.17, 15) is 5.11 Å². The molecular formula is C19H22N2O2S2. The van der Waals surface area contributed by atoms with Crippen LogP contribution in [0.1, 0.15) is 30.2 Å². The Labute approximate surface area is 157 Å². The first-order chi connectivity index (χ1) is 12.0. The number of aromatic hydroxyl groups is 1. The maximum atomic E-state index is 10.7. The summed E-state index contributed by atoms with van der Waals surface area (Å²) in [6, 6.07) is 12.0. The van der Waals surface area contributed by atoms with Gasteiger partial charge in [-0.1, -0.05) is 0 Å². The normalized spacial score (nSPS) is 11.0. The highest BCUT2D eigenvalue weighted by Gasteiger charge is 2.15. The van der Waals surface area contributed by atoms with Crippen LogP contribution >= 0.6 is 23.6 Å². The molecule has 0 atom stereocenters. The molecule has 0 spiro atoms. The molecule has 0 saturated carbocycles. The van der Waals surface area contributed by atoms with E-state index in [0.29, 0.717) is 10.4 Å². The van der Waals surface area contributed by atoms with E-state index < -0.39 is 0 Å². The Kier molecular flexibility index (Phi) is 5.30. The number of anilines is 1. The Morgan fingerprint density at radius 1 is 1.12 bits per heavy atom. The number of rotatable bonds is 6. The lowest BCUT2D eigenvalue weighted by atomic mass is 10.2. The number of hydrogen-bond acceptors (Lipinski definition) is 5. The average Bonchev–Trinajstić information content (AvgIpc) is 3.13. The second kappa shape index (κ2) is 7.45. The van der Waals surface area contributed by atoms with Crippen molar-refractivity contribution in [2.45, 2.75) is 27.2 Å². The summed E-state index contributed by atoms with van der Waals surface area (Å²) in [5.74, 6) is 1.89. The highest BCUT2D eigenvalue weighted by Crippen LogP contribution is 2.32. The van der Waals surface area contributed by atoms with Crippen molar-refractivity contribution in [3.05, 3.63) is 56.8 Å². The van der Waals surface area contributed by atoms with Gasteiger partial charge in [0, 0.05) is 25.2 Å². The van der Waals surface area contributed by atoms with Gasteiger partial charge in [-0.2, -0.15) is 0 Å². The first-order valence-corrected chi connectivity index (χ1v) is 9.60. The van der Waals surface area contributed by atoms with Gasteiger partial charge in [0.15, 0.2) is 3.95 Å². The third-order valence-electron chi connectivity index (χ3n) is 4.22. The van der Waals surface area contributed by atoms with Gasteiger partial charge >= 0.3 is 0 Å². The lowest BCUT2D eigenvalue weighted by Gasteiger charge is -2.21. The minimum atomic E-state index is 0.194. The van der Waals surface area contributed by atoms with Gasteiger partial charge in [0.25, 0.3) is 0 Å². The van der Waals surface area contributed by atoms with Gasteiger partial charge in [0.1, 0.15) is 11.5 Å². The predicted molar refractivity (Wildman–Crippen MR) is 106 cm³/mol. The molecule has 0 aliphatic rings. The molecule has 0 fully saturated rings. The number of aryl methyl sites for hydroxylation is 1. The van der Waals surface area contributed by atoms with Crippen molar-refractivity contribution in [3.63, 3.8) is 0 Å². The number of thiazole rings is 1. The summed E-state index contributed by atoms with van der Waals surface area (Å²) < 4.78 is 7.96. The third kappa shape index (κ3) is 3.65. The number of aromatic nitrogens is 1. The Morgan fingerprint density at radius 3 is 2.36 bits per heavy atom. The van der Waals surface area contributed by atoms with Crippen molar-refractivity contribution in [1.29, 1.82) is 0 Å². The molecule has 0 unspecified atom stereocenters. The number of nitrogens with zero attached hydrogens (tertiary/aromatic N) is 2. The molecule has 1 aromatic carbocycles. The van der Waals surface area contributed by atoms with Crippen molar-refractivity contribution in [2.75, 3.05) is 18.0 Å². The molecule has 0 bridgehead atoms. The minimum absolute atomic E-state index is 0.194. The lowest BCUT2D eigenvalue weighted by Crippen LogP contribution is -2.21. The SMILES string of the molecule is CCN(CC)c1ccc(-n2c(O)c(Cc3ccc(C)o3)sc2=S)cc1. The fourth-order valence-electron chi connectivity index (χ4n) is 2.89. The molecule has 3 aromatic rings. The van der Waals surface area contributed by atoms with E-state index in [1.165, 1.54) is 17.0 Å². The van der Waals surface area contributed by atoms with E-state index in [1.807, 2.05) is 31.2 Å². The van der Waals surface area contributed by atoms with E-state index in [1.54, 1.807) is 4.57 Å². The minimum Gasteiger partial charge on any atom is -0.493 e. The molecule has 0 aliphatic heterocycles. The van der Waals surface area contributed by atoms with Crippen molar-refractivity contribution in [1.82, 2.24) is 4.57 Å². The quantitative estimate of drug-likeness (QED) is 0.594. The van der Waals surface area contributed by atoms with Crippen LogP contribution in [0.5, 0.6) is 5.88 Å². The number of furan rings is 1. The zero-order chi connectivity index (χ0) is 18.0. The number of benzene rings is 1. The van der Waals surface area contributed by atoms with Crippen LogP contribution in [0.4, 0.5) is 5.69 Å². The van der Waals surface area contributed by atoms with Crippen molar-refractivity contribution < 1.29 is 9.52 Å². The molecule has 25 heavy (non-hydrogen) atoms. The van der Waals surface area contributed by atoms with Crippen molar-refractivity contribution in [2.24, 2.45) is 0 Å². The summed E-state index contributed by atoms with van der Waals surface area (Å²) in [4.78, 5) is 3.09. The monoisotopic (exact) mass is 374 g/mol. The van der Waals surface area contributed by atoms with E-state index >= 15 is 0 Å². The predicted octanol–water partition coefficient (Wildman–Crippen LogP) is 5.31. The molecule has 1 N–H and O–H groups in total. The first kappa shape index (κ1) is 17.8. The molecular weight excluding hydrogens is 352 g/mol. The topological polar surface area (TPSA) is 41.5 Å². The average molecular weight is 375 g/mol. The smallest absolute Gasteiger partial charge is 0.211 e. The molecule has 3 rings (SSSR count). The molecule has 0 saturated heterocycles. The number of hydrogen-bond donors (Lipinski definition) is 1. The van der Waals surface area contributed by atoms with Crippen LogP contribution in [0.3, 0.4) is 0 Å². The molecule has 2 heterocycles. The van der Waals surface area contributed by atoms with Crippen molar-refractivity contribution in [3.8, 4) is 11.6 Å². The van der Waals surface area contributed by atoms with Crippen molar-refractivity contribution >= 4 is 29.2 Å². The van der Waals surface area contributed by atoms with Crippen LogP contribution in [0.15, 0.2) is 40.8 Å². The molecule has 2 aromatic heterocycles. The Hall–Kier alpha value is -2.05. The molecule has 4 nitrogen and oxygen atoms in total. The maximum Gasteiger partial charge on any atom is 0.211 e. The van der Waals surface area contributed by atoms with Crippen LogP contribution in [0.2, 0.25) is 0 Å². The highest BCUT2D eigenvalue weighted by atomic mass is 32.1. The molecule has 0 radical (unpaired) electrons. The summed E-state index contributed by atoms with van der Waals surface area (Å²) >= 11 is 6.89. The van der Waals surface area contributed by atoms with Crippen LogP contribution < -0.4 is 4.90 Å². The zero-order valence-electron chi connectivity index (χ0n) is 14.7. The van der Waals surface area contributed by atoms with Crippen LogP contribution in [-0.4, -0.2) is 22.8 Å². The summed E-state index contributed by atoms with van der Waals surface area (Å²) in [7, 11) is 0. The maximum absolute atomic E-state index is 10.7. The van der Waals surface area contributed by atoms with Gasteiger partial charge < -0.3 is 14.4 Å². The summed E-state index contributed by atoms with van der Waals surface area (Å²) in [5, 5.41) is 10.7. The fraction of sp³-hybridized carbons (Fsp3) is 0.316. The van der Waals surface area contributed by atoms with Gasteiger partial charge in [-0.3, -0.25) is 4.57 Å². The third-order valence-corrected chi connectivity index (χ3v) is 5.58. The second-order valence-corrected chi connectivity index (χ2v) is 7.56. The van der Waals surface area contributed by atoms with Gasteiger partial charge in [0.05, 0.1) is 10.6 Å². The van der Waals surface area contributed by atoms with E-state index in [2.05, 4.69) is 30.9 Å². The molecule has 0 aliphatic carbocycles. The Morgan fingerprint density at radius 2 is 1.80 bits per heavy atom. The van der Waals surface area contributed by atoms with Gasteiger partial charge in [-0.15, -0.1) is 11.3 Å². The second-order valence-electron chi connectivity index (χ2n) is 5.83. The lowest BCUT2D eigenvalue weighted by molar-refractivity contribution is 0.433. The summed E-state index contributed by atoms with van der Waals surface area (Å²) in [6.07, 6.45) is 0.540. The highest BCUT2D eigenvalue weighted by molar-refractivity contribution is 7.73. The fourth-order valence-corrected chi connectivity index (χ4v) is 4.27.